The first-order valence-electron chi connectivity index (χ1n) is 5.57. The molecule has 7 heteroatoms. The second-order valence-corrected chi connectivity index (χ2v) is 6.08. The molecule has 1 atom stereocenters. The van der Waals surface area contributed by atoms with Gasteiger partial charge in [0.05, 0.1) is 26.8 Å². The standard InChI is InChI=1S/C13H9BrCl3FN2/c1-19-12(13-9(16)4-6(15)5-20-13)7-2-3-8(14)10(17)11(7)18/h2-5,12,19H,1H3. The van der Waals surface area contributed by atoms with Crippen molar-refractivity contribution in [2.24, 2.45) is 0 Å². The Morgan fingerprint density at radius 2 is 2.00 bits per heavy atom. The molecule has 106 valence electrons. The summed E-state index contributed by atoms with van der Waals surface area (Å²) in [7, 11) is 1.69. The maximum absolute atomic E-state index is 14.3. The lowest BCUT2D eigenvalue weighted by Crippen LogP contribution is -2.20. The van der Waals surface area contributed by atoms with Crippen LogP contribution in [0.2, 0.25) is 15.1 Å². The van der Waals surface area contributed by atoms with Gasteiger partial charge in [0.15, 0.2) is 0 Å². The molecular formula is C13H9BrCl3FN2. The third kappa shape index (κ3) is 3.10. The van der Waals surface area contributed by atoms with E-state index in [0.29, 0.717) is 25.8 Å². The molecule has 1 heterocycles. The summed E-state index contributed by atoms with van der Waals surface area (Å²) in [6.07, 6.45) is 1.46. The van der Waals surface area contributed by atoms with Gasteiger partial charge in [-0.15, -0.1) is 0 Å². The first kappa shape index (κ1) is 16.0. The van der Waals surface area contributed by atoms with E-state index >= 15 is 0 Å². The SMILES string of the molecule is CNC(c1ccc(Br)c(Cl)c1F)c1ncc(Cl)cc1Cl. The molecule has 0 aliphatic rings. The lowest BCUT2D eigenvalue weighted by molar-refractivity contribution is 0.570. The quantitative estimate of drug-likeness (QED) is 0.714. The normalized spacial score (nSPS) is 12.5. The fourth-order valence-corrected chi connectivity index (χ4v) is 2.81. The van der Waals surface area contributed by atoms with Crippen molar-refractivity contribution >= 4 is 50.7 Å². The van der Waals surface area contributed by atoms with Crippen molar-refractivity contribution in [1.29, 1.82) is 0 Å². The van der Waals surface area contributed by atoms with E-state index < -0.39 is 11.9 Å². The van der Waals surface area contributed by atoms with Gasteiger partial charge in [0, 0.05) is 16.2 Å². The molecule has 20 heavy (non-hydrogen) atoms. The van der Waals surface area contributed by atoms with Crippen LogP contribution < -0.4 is 5.32 Å². The van der Waals surface area contributed by atoms with E-state index in [1.165, 1.54) is 6.20 Å². The highest BCUT2D eigenvalue weighted by Gasteiger charge is 2.22. The van der Waals surface area contributed by atoms with Crippen LogP contribution in [0.3, 0.4) is 0 Å². The molecule has 0 fully saturated rings. The van der Waals surface area contributed by atoms with E-state index in [0.717, 1.165) is 0 Å². The number of hydrogen-bond acceptors (Lipinski definition) is 2. The Labute approximate surface area is 139 Å². The van der Waals surface area contributed by atoms with E-state index in [4.69, 9.17) is 34.8 Å². The van der Waals surface area contributed by atoms with Crippen molar-refractivity contribution in [3.05, 3.63) is 61.0 Å². The molecule has 1 N–H and O–H groups in total. The Morgan fingerprint density at radius 1 is 1.30 bits per heavy atom. The summed E-state index contributed by atoms with van der Waals surface area (Å²) in [5.74, 6) is -0.520. The fraction of sp³-hybridized carbons (Fsp3) is 0.154. The summed E-state index contributed by atoms with van der Waals surface area (Å²) in [5.41, 5.74) is 0.841. The molecule has 2 rings (SSSR count). The van der Waals surface area contributed by atoms with Gasteiger partial charge < -0.3 is 5.32 Å². The molecule has 0 saturated carbocycles. The lowest BCUT2D eigenvalue weighted by atomic mass is 10.0. The number of hydrogen-bond donors (Lipinski definition) is 1. The molecule has 2 aromatic rings. The number of benzene rings is 1. The molecule has 0 spiro atoms. The minimum atomic E-state index is -0.523. The molecule has 2 nitrogen and oxygen atoms in total. The first-order valence-corrected chi connectivity index (χ1v) is 7.50. The molecule has 0 saturated heterocycles. The maximum Gasteiger partial charge on any atom is 0.148 e. The number of aromatic nitrogens is 1. The molecule has 0 amide bonds. The highest BCUT2D eigenvalue weighted by molar-refractivity contribution is 9.10. The third-order valence-electron chi connectivity index (χ3n) is 2.77. The Balaban J connectivity index is 2.55. The number of nitrogens with zero attached hydrogens (tertiary/aromatic N) is 1. The maximum atomic E-state index is 14.3. The van der Waals surface area contributed by atoms with Crippen molar-refractivity contribution in [2.75, 3.05) is 7.05 Å². The van der Waals surface area contributed by atoms with Crippen LogP contribution in [0.1, 0.15) is 17.3 Å². The van der Waals surface area contributed by atoms with Crippen LogP contribution >= 0.6 is 50.7 Å². The van der Waals surface area contributed by atoms with Gasteiger partial charge in [-0.25, -0.2) is 4.39 Å². The largest absolute Gasteiger partial charge is 0.308 e. The van der Waals surface area contributed by atoms with Gasteiger partial charge in [0.25, 0.3) is 0 Å². The number of nitrogens with one attached hydrogen (secondary N) is 1. The van der Waals surface area contributed by atoms with E-state index in [1.54, 1.807) is 25.2 Å². The number of halogens is 5. The first-order chi connectivity index (χ1) is 9.45. The van der Waals surface area contributed by atoms with Crippen molar-refractivity contribution in [3.8, 4) is 0 Å². The van der Waals surface area contributed by atoms with Gasteiger partial charge in [-0.1, -0.05) is 40.9 Å². The second kappa shape index (κ2) is 6.58. The van der Waals surface area contributed by atoms with E-state index in [1.807, 2.05) is 0 Å². The molecule has 0 aliphatic carbocycles. The Bertz CT molecular complexity index is 652. The van der Waals surface area contributed by atoms with Crippen LogP contribution in [-0.4, -0.2) is 12.0 Å². The van der Waals surface area contributed by atoms with E-state index in [2.05, 4.69) is 26.2 Å². The van der Waals surface area contributed by atoms with Gasteiger partial charge in [0.1, 0.15) is 5.82 Å². The number of rotatable bonds is 3. The van der Waals surface area contributed by atoms with Crippen LogP contribution in [0.15, 0.2) is 28.9 Å². The molecule has 0 aliphatic heterocycles. The van der Waals surface area contributed by atoms with Crippen LogP contribution in [0.4, 0.5) is 4.39 Å². The van der Waals surface area contributed by atoms with E-state index in [-0.39, 0.29) is 5.02 Å². The Morgan fingerprint density at radius 3 is 2.60 bits per heavy atom. The average molecular weight is 398 g/mol. The summed E-state index contributed by atoms with van der Waals surface area (Å²) in [5, 5.41) is 3.78. The summed E-state index contributed by atoms with van der Waals surface area (Å²) >= 11 is 21.0. The van der Waals surface area contributed by atoms with Crippen LogP contribution in [0.25, 0.3) is 0 Å². The molecular weight excluding hydrogens is 389 g/mol. The topological polar surface area (TPSA) is 24.9 Å². The monoisotopic (exact) mass is 396 g/mol. The molecule has 1 aromatic carbocycles. The van der Waals surface area contributed by atoms with Crippen molar-refractivity contribution in [3.63, 3.8) is 0 Å². The predicted octanol–water partition coefficient (Wildman–Crippen LogP) is 5.25. The summed E-state index contributed by atoms with van der Waals surface area (Å²) < 4.78 is 14.8. The zero-order chi connectivity index (χ0) is 14.9. The van der Waals surface area contributed by atoms with Gasteiger partial charge in [-0.2, -0.15) is 0 Å². The second-order valence-electron chi connectivity index (χ2n) is 4.01. The molecule has 0 bridgehead atoms. The van der Waals surface area contributed by atoms with Crippen molar-refractivity contribution in [1.82, 2.24) is 10.3 Å². The fourth-order valence-electron chi connectivity index (χ4n) is 1.84. The molecule has 1 unspecified atom stereocenters. The smallest absolute Gasteiger partial charge is 0.148 e. The molecule has 0 radical (unpaired) electrons. The Kier molecular flexibility index (Phi) is 5.26. The summed E-state index contributed by atoms with van der Waals surface area (Å²) in [4.78, 5) is 4.17. The zero-order valence-corrected chi connectivity index (χ0v) is 14.1. The predicted molar refractivity (Wildman–Crippen MR) is 84.3 cm³/mol. The van der Waals surface area contributed by atoms with Crippen molar-refractivity contribution in [2.45, 2.75) is 6.04 Å². The van der Waals surface area contributed by atoms with Gasteiger partial charge in [0.2, 0.25) is 0 Å². The summed E-state index contributed by atoms with van der Waals surface area (Å²) in [6.45, 7) is 0. The minimum absolute atomic E-state index is 0.0211. The van der Waals surface area contributed by atoms with Gasteiger partial charge in [-0.05, 0) is 35.1 Å². The minimum Gasteiger partial charge on any atom is -0.308 e. The third-order valence-corrected chi connectivity index (χ3v) is 4.54. The van der Waals surface area contributed by atoms with Crippen LogP contribution in [0, 0.1) is 5.82 Å². The van der Waals surface area contributed by atoms with Gasteiger partial charge in [-0.3, -0.25) is 4.98 Å². The lowest BCUT2D eigenvalue weighted by Gasteiger charge is -2.19. The Hall–Kier alpha value is -0.390. The highest BCUT2D eigenvalue weighted by Crippen LogP contribution is 2.34. The van der Waals surface area contributed by atoms with Crippen LogP contribution in [0.5, 0.6) is 0 Å². The average Bonchev–Trinajstić information content (AvgIpc) is 2.41. The molecule has 1 aromatic heterocycles. The number of pyridine rings is 1. The van der Waals surface area contributed by atoms with Gasteiger partial charge >= 0.3 is 0 Å². The van der Waals surface area contributed by atoms with Crippen molar-refractivity contribution < 1.29 is 4.39 Å². The highest BCUT2D eigenvalue weighted by atomic mass is 79.9. The van der Waals surface area contributed by atoms with E-state index in [9.17, 15) is 4.39 Å². The van der Waals surface area contributed by atoms with Crippen LogP contribution in [-0.2, 0) is 0 Å². The summed E-state index contributed by atoms with van der Waals surface area (Å²) in [6, 6.07) is 4.34. The zero-order valence-electron chi connectivity index (χ0n) is 10.2.